The molecular formula is C37H41F4N3O6. The highest BCUT2D eigenvalue weighted by atomic mass is 19.4. The van der Waals surface area contributed by atoms with E-state index in [1.807, 2.05) is 19.1 Å². The highest BCUT2D eigenvalue weighted by Gasteiger charge is 2.31. The molecule has 1 aromatic heterocycles. The second kappa shape index (κ2) is 16.6. The highest BCUT2D eigenvalue weighted by molar-refractivity contribution is 5.78. The van der Waals surface area contributed by atoms with Crippen LogP contribution in [0.5, 0.6) is 23.0 Å². The lowest BCUT2D eigenvalue weighted by molar-refractivity contribution is -0.138. The molecule has 0 fully saturated rings. The van der Waals surface area contributed by atoms with Crippen molar-refractivity contribution in [2.24, 2.45) is 0 Å². The monoisotopic (exact) mass is 699 g/mol. The fourth-order valence-electron chi connectivity index (χ4n) is 5.68. The predicted molar refractivity (Wildman–Crippen MR) is 181 cm³/mol. The predicted octanol–water partition coefficient (Wildman–Crippen LogP) is 8.54. The van der Waals surface area contributed by atoms with Crippen molar-refractivity contribution in [3.05, 3.63) is 88.2 Å². The van der Waals surface area contributed by atoms with E-state index < -0.39 is 24.4 Å². The number of alkyl halides is 4. The van der Waals surface area contributed by atoms with Crippen LogP contribution in [0.25, 0.3) is 11.1 Å². The maximum atomic E-state index is 13.8. The molecule has 50 heavy (non-hydrogen) atoms. The Bertz CT molecular complexity index is 1780. The van der Waals surface area contributed by atoms with Gasteiger partial charge in [0, 0.05) is 25.1 Å². The Balaban J connectivity index is 1.86. The van der Waals surface area contributed by atoms with Crippen molar-refractivity contribution < 1.29 is 46.4 Å². The van der Waals surface area contributed by atoms with Crippen molar-refractivity contribution in [2.45, 2.75) is 65.5 Å². The first-order valence-corrected chi connectivity index (χ1v) is 15.9. The molecule has 1 heterocycles. The number of carbonyl (C=O) groups is 1. The number of methoxy groups -OCH3 is 3. The van der Waals surface area contributed by atoms with E-state index in [1.165, 1.54) is 32.7 Å². The van der Waals surface area contributed by atoms with Crippen molar-refractivity contribution in [1.82, 2.24) is 9.97 Å². The summed E-state index contributed by atoms with van der Waals surface area (Å²) in [5.41, 5.74) is 3.45. The van der Waals surface area contributed by atoms with E-state index in [0.29, 0.717) is 22.8 Å². The Hall–Kier alpha value is -5.07. The van der Waals surface area contributed by atoms with Gasteiger partial charge in [-0.3, -0.25) is 4.79 Å². The van der Waals surface area contributed by atoms with E-state index in [2.05, 4.69) is 29.9 Å². The van der Waals surface area contributed by atoms with Gasteiger partial charge in [-0.25, -0.2) is 14.4 Å². The third-order valence-corrected chi connectivity index (χ3v) is 8.08. The lowest BCUT2D eigenvalue weighted by Gasteiger charge is -2.26. The van der Waals surface area contributed by atoms with Crippen molar-refractivity contribution in [3.63, 3.8) is 0 Å². The number of halogens is 4. The summed E-state index contributed by atoms with van der Waals surface area (Å²) < 4.78 is 78.1. The number of hydrogen-bond donors (Lipinski definition) is 1. The van der Waals surface area contributed by atoms with Crippen LogP contribution in [0.15, 0.2) is 54.9 Å². The van der Waals surface area contributed by atoms with Crippen LogP contribution in [0.1, 0.15) is 66.0 Å². The molecule has 4 aromatic rings. The van der Waals surface area contributed by atoms with Crippen molar-refractivity contribution in [1.29, 1.82) is 0 Å². The zero-order valence-electron chi connectivity index (χ0n) is 28.9. The Kier molecular flexibility index (Phi) is 12.5. The highest BCUT2D eigenvalue weighted by Crippen LogP contribution is 2.42. The van der Waals surface area contributed by atoms with Crippen molar-refractivity contribution >= 4 is 11.9 Å². The molecule has 0 spiro atoms. The van der Waals surface area contributed by atoms with Crippen LogP contribution in [-0.4, -0.2) is 49.0 Å². The van der Waals surface area contributed by atoms with E-state index in [9.17, 15) is 22.4 Å². The molecule has 0 saturated carbocycles. The summed E-state index contributed by atoms with van der Waals surface area (Å²) in [7, 11) is 4.60. The van der Waals surface area contributed by atoms with E-state index in [0.717, 1.165) is 34.4 Å². The van der Waals surface area contributed by atoms with Gasteiger partial charge < -0.3 is 29.0 Å². The van der Waals surface area contributed by atoms with Gasteiger partial charge in [-0.15, -0.1) is 0 Å². The summed E-state index contributed by atoms with van der Waals surface area (Å²) in [4.78, 5) is 21.4. The summed E-state index contributed by atoms with van der Waals surface area (Å²) in [6.45, 7) is 5.19. The van der Waals surface area contributed by atoms with Gasteiger partial charge in [-0.2, -0.15) is 13.2 Å². The minimum absolute atomic E-state index is 0.0668. The number of benzene rings is 3. The van der Waals surface area contributed by atoms with Gasteiger partial charge in [0.05, 0.1) is 45.9 Å². The van der Waals surface area contributed by atoms with Crippen LogP contribution in [0.4, 0.5) is 23.5 Å². The summed E-state index contributed by atoms with van der Waals surface area (Å²) in [6, 6.07) is 10.8. The second-order valence-electron chi connectivity index (χ2n) is 12.0. The molecule has 0 bridgehead atoms. The molecule has 0 radical (unpaired) electrons. The number of ether oxygens (including phenoxy) is 4. The third kappa shape index (κ3) is 9.33. The molecule has 268 valence electrons. The van der Waals surface area contributed by atoms with Crippen LogP contribution in [0.2, 0.25) is 0 Å². The molecule has 0 aliphatic carbocycles. The maximum Gasteiger partial charge on any atom is 0.416 e. The van der Waals surface area contributed by atoms with Gasteiger partial charge in [0.15, 0.2) is 17.2 Å². The molecule has 3 aromatic carbocycles. The number of carboxylic acids is 1. The summed E-state index contributed by atoms with van der Waals surface area (Å²) in [5, 5.41) is 8.89. The van der Waals surface area contributed by atoms with Gasteiger partial charge in [0.2, 0.25) is 5.95 Å². The molecule has 0 saturated heterocycles. The van der Waals surface area contributed by atoms with E-state index in [4.69, 9.17) is 24.1 Å². The minimum atomic E-state index is -4.69. The maximum absolute atomic E-state index is 13.8. The molecule has 13 heteroatoms. The second-order valence-corrected chi connectivity index (χ2v) is 12.0. The topological polar surface area (TPSA) is 103 Å². The summed E-state index contributed by atoms with van der Waals surface area (Å²) in [6.07, 6.45) is -1.67. The van der Waals surface area contributed by atoms with Gasteiger partial charge in [0.1, 0.15) is 12.4 Å². The molecule has 0 aliphatic heterocycles. The van der Waals surface area contributed by atoms with Gasteiger partial charge >= 0.3 is 12.1 Å². The van der Waals surface area contributed by atoms with Crippen LogP contribution in [0.3, 0.4) is 0 Å². The first kappa shape index (κ1) is 37.7. The largest absolute Gasteiger partial charge is 0.496 e. The van der Waals surface area contributed by atoms with Crippen LogP contribution >= 0.6 is 0 Å². The number of aliphatic carboxylic acids is 1. The van der Waals surface area contributed by atoms with Gasteiger partial charge in [-0.1, -0.05) is 19.9 Å². The lowest BCUT2D eigenvalue weighted by atomic mass is 9.90. The Morgan fingerprint density at radius 3 is 2.08 bits per heavy atom. The van der Waals surface area contributed by atoms with Crippen LogP contribution < -0.4 is 23.8 Å². The van der Waals surface area contributed by atoms with Crippen LogP contribution in [-0.2, 0) is 30.7 Å². The number of hydrogen-bond acceptors (Lipinski definition) is 8. The molecule has 1 N–H and O–H groups in total. The SMILES string of the molecule is COc1cc(CN(Cc2cc(CF)cc(C(F)(F)F)c2)c2ncc(OCCCC(=O)O)cn2)c(-c2cc(C(C)C)c(C)cc2OC)cc1OC. The average Bonchev–Trinajstić information content (AvgIpc) is 3.09. The van der Waals surface area contributed by atoms with Crippen molar-refractivity contribution in [2.75, 3.05) is 32.8 Å². The minimum Gasteiger partial charge on any atom is -0.496 e. The molecule has 4 rings (SSSR count). The lowest BCUT2D eigenvalue weighted by Crippen LogP contribution is -2.25. The fraction of sp³-hybridized carbons (Fsp3) is 0.378. The smallest absolute Gasteiger partial charge is 0.416 e. The Morgan fingerprint density at radius 2 is 1.50 bits per heavy atom. The Labute approximate surface area is 288 Å². The average molecular weight is 700 g/mol. The number of aryl methyl sites for hydroxylation is 1. The van der Waals surface area contributed by atoms with Gasteiger partial charge in [-0.05, 0) is 89.0 Å². The summed E-state index contributed by atoms with van der Waals surface area (Å²) >= 11 is 0. The van der Waals surface area contributed by atoms with Crippen LogP contribution in [0, 0.1) is 6.92 Å². The number of rotatable bonds is 16. The zero-order valence-corrected chi connectivity index (χ0v) is 28.9. The zero-order chi connectivity index (χ0) is 36.6. The number of carboxylic acid groups (broad SMARTS) is 1. The van der Waals surface area contributed by atoms with Gasteiger partial charge in [0.25, 0.3) is 0 Å². The van der Waals surface area contributed by atoms with Crippen molar-refractivity contribution in [3.8, 4) is 34.1 Å². The summed E-state index contributed by atoms with van der Waals surface area (Å²) in [5.74, 6) is 1.18. The standard InChI is InChI=1S/C37H41F4N3O6/c1-22(2)29-15-31(32(47-4)10-23(29)3)30-16-34(49-6)33(48-5)14-26(30)21-44(20-25-11-24(17-38)12-27(13-25)37(39,40)41)36-42-18-28(19-43-36)50-9-7-8-35(45)46/h10-16,18-19,22H,7-9,17,20-21H2,1-6H3,(H,45,46). The molecule has 0 atom stereocenters. The van der Waals surface area contributed by atoms with E-state index in [1.54, 1.807) is 18.1 Å². The number of aromatic nitrogens is 2. The molecule has 9 nitrogen and oxygen atoms in total. The first-order valence-electron chi connectivity index (χ1n) is 15.9. The normalized spacial score (nSPS) is 11.4. The van der Waals surface area contributed by atoms with E-state index >= 15 is 0 Å². The molecule has 0 unspecified atom stereocenters. The fourth-order valence-corrected chi connectivity index (χ4v) is 5.68. The molecular weight excluding hydrogens is 658 g/mol. The number of anilines is 1. The third-order valence-electron chi connectivity index (χ3n) is 8.08. The quantitative estimate of drug-likeness (QED) is 0.0911. The first-order chi connectivity index (χ1) is 23.8. The molecule has 0 aliphatic rings. The Morgan fingerprint density at radius 1 is 0.860 bits per heavy atom. The van der Waals surface area contributed by atoms with E-state index in [-0.39, 0.29) is 61.3 Å². The molecule has 0 amide bonds. The number of nitrogens with zero attached hydrogens (tertiary/aromatic N) is 3.